The first kappa shape index (κ1) is 10.1. The molecule has 3 nitrogen and oxygen atoms in total. The number of carbonyl (C=O) groups is 1. The van der Waals surface area contributed by atoms with Crippen LogP contribution in [0.4, 0.5) is 0 Å². The second-order valence-corrected chi connectivity index (χ2v) is 4.82. The van der Waals surface area contributed by atoms with Crippen molar-refractivity contribution in [2.75, 3.05) is 13.2 Å². The molecule has 0 amide bonds. The summed E-state index contributed by atoms with van der Waals surface area (Å²) in [6, 6.07) is 0.824. The molecule has 2 saturated heterocycles. The van der Waals surface area contributed by atoms with Crippen LogP contribution in [0.3, 0.4) is 0 Å². The maximum Gasteiger partial charge on any atom is 0.138 e. The number of morpholine rings is 1. The molecule has 80 valence electrons. The SMILES string of the molecule is CC(C)C(=O)C1CC2COCC(C1)N2. The van der Waals surface area contributed by atoms with Gasteiger partial charge in [-0.3, -0.25) is 4.79 Å². The number of ether oxygens (including phenoxy) is 1. The third-order valence-electron chi connectivity index (χ3n) is 3.22. The van der Waals surface area contributed by atoms with E-state index in [1.807, 2.05) is 13.8 Å². The molecule has 2 unspecified atom stereocenters. The molecule has 0 radical (unpaired) electrons. The molecule has 0 aromatic heterocycles. The van der Waals surface area contributed by atoms with E-state index in [4.69, 9.17) is 4.74 Å². The Bertz CT molecular complexity index is 215. The molecule has 1 N–H and O–H groups in total. The van der Waals surface area contributed by atoms with Crippen LogP contribution < -0.4 is 5.32 Å². The Kier molecular flexibility index (Phi) is 2.88. The van der Waals surface area contributed by atoms with Gasteiger partial charge in [-0.2, -0.15) is 0 Å². The summed E-state index contributed by atoms with van der Waals surface area (Å²) in [5.74, 6) is 0.887. The number of rotatable bonds is 2. The lowest BCUT2D eigenvalue weighted by Crippen LogP contribution is -2.55. The van der Waals surface area contributed by atoms with E-state index >= 15 is 0 Å². The van der Waals surface area contributed by atoms with Gasteiger partial charge in [0.1, 0.15) is 5.78 Å². The summed E-state index contributed by atoms with van der Waals surface area (Å²) in [6.45, 7) is 5.55. The molecular weight excluding hydrogens is 178 g/mol. The van der Waals surface area contributed by atoms with E-state index in [0.29, 0.717) is 17.9 Å². The van der Waals surface area contributed by atoms with Crippen LogP contribution in [0, 0.1) is 11.8 Å². The fourth-order valence-corrected chi connectivity index (χ4v) is 2.54. The van der Waals surface area contributed by atoms with Crippen molar-refractivity contribution in [3.63, 3.8) is 0 Å². The van der Waals surface area contributed by atoms with Crippen LogP contribution in [-0.2, 0) is 9.53 Å². The quantitative estimate of drug-likeness (QED) is 0.717. The molecule has 2 bridgehead atoms. The average Bonchev–Trinajstić information content (AvgIpc) is 2.15. The number of hydrogen-bond acceptors (Lipinski definition) is 3. The van der Waals surface area contributed by atoms with Crippen LogP contribution in [0.15, 0.2) is 0 Å². The van der Waals surface area contributed by atoms with Gasteiger partial charge in [0.15, 0.2) is 0 Å². The van der Waals surface area contributed by atoms with Crippen molar-refractivity contribution in [2.24, 2.45) is 11.8 Å². The summed E-state index contributed by atoms with van der Waals surface area (Å²) in [5.41, 5.74) is 0. The predicted molar refractivity (Wildman–Crippen MR) is 54.1 cm³/mol. The predicted octanol–water partition coefficient (Wildman–Crippen LogP) is 0.978. The van der Waals surface area contributed by atoms with Gasteiger partial charge >= 0.3 is 0 Å². The first-order chi connectivity index (χ1) is 6.66. The molecule has 2 fully saturated rings. The molecule has 2 rings (SSSR count). The molecule has 2 atom stereocenters. The zero-order valence-electron chi connectivity index (χ0n) is 8.95. The van der Waals surface area contributed by atoms with Crippen LogP contribution in [0.1, 0.15) is 26.7 Å². The molecule has 0 spiro atoms. The Balaban J connectivity index is 1.98. The standard InChI is InChI=1S/C11H19NO2/c1-7(2)11(13)8-3-9-5-14-6-10(4-8)12-9/h7-10,12H,3-6H2,1-2H3. The van der Waals surface area contributed by atoms with Crippen LogP contribution in [0.25, 0.3) is 0 Å². The van der Waals surface area contributed by atoms with Crippen molar-refractivity contribution in [2.45, 2.75) is 38.8 Å². The largest absolute Gasteiger partial charge is 0.378 e. The van der Waals surface area contributed by atoms with Crippen LogP contribution in [-0.4, -0.2) is 31.1 Å². The van der Waals surface area contributed by atoms with Crippen molar-refractivity contribution in [3.8, 4) is 0 Å². The highest BCUT2D eigenvalue weighted by Gasteiger charge is 2.35. The second kappa shape index (κ2) is 3.99. The van der Waals surface area contributed by atoms with E-state index in [1.165, 1.54) is 0 Å². The number of carbonyl (C=O) groups excluding carboxylic acids is 1. The van der Waals surface area contributed by atoms with Gasteiger partial charge in [-0.25, -0.2) is 0 Å². The number of Topliss-reactive ketones (excluding diaryl/α,β-unsaturated/α-hetero) is 1. The van der Waals surface area contributed by atoms with E-state index in [0.717, 1.165) is 26.1 Å². The van der Waals surface area contributed by atoms with Gasteiger partial charge in [-0.15, -0.1) is 0 Å². The highest BCUT2D eigenvalue weighted by molar-refractivity contribution is 5.83. The minimum absolute atomic E-state index is 0.180. The van der Waals surface area contributed by atoms with Gasteiger partial charge in [0, 0.05) is 23.9 Å². The Morgan fingerprint density at radius 3 is 2.36 bits per heavy atom. The topological polar surface area (TPSA) is 38.3 Å². The highest BCUT2D eigenvalue weighted by atomic mass is 16.5. The van der Waals surface area contributed by atoms with Crippen molar-refractivity contribution >= 4 is 5.78 Å². The third kappa shape index (κ3) is 1.98. The molecule has 3 heteroatoms. The van der Waals surface area contributed by atoms with Crippen LogP contribution in [0.5, 0.6) is 0 Å². The molecule has 2 aliphatic rings. The lowest BCUT2D eigenvalue weighted by molar-refractivity contribution is -0.128. The Morgan fingerprint density at radius 1 is 1.29 bits per heavy atom. The molecule has 0 aliphatic carbocycles. The first-order valence-corrected chi connectivity index (χ1v) is 5.54. The monoisotopic (exact) mass is 197 g/mol. The zero-order chi connectivity index (χ0) is 10.1. The molecule has 14 heavy (non-hydrogen) atoms. The van der Waals surface area contributed by atoms with Gasteiger partial charge in [0.25, 0.3) is 0 Å². The third-order valence-corrected chi connectivity index (χ3v) is 3.22. The summed E-state index contributed by atoms with van der Waals surface area (Å²) in [7, 11) is 0. The Hall–Kier alpha value is -0.410. The number of fused-ring (bicyclic) bond motifs is 2. The van der Waals surface area contributed by atoms with Crippen molar-refractivity contribution < 1.29 is 9.53 Å². The van der Waals surface area contributed by atoms with Gasteiger partial charge in [-0.05, 0) is 12.8 Å². The van der Waals surface area contributed by atoms with Crippen LogP contribution >= 0.6 is 0 Å². The molecule has 2 aliphatic heterocycles. The van der Waals surface area contributed by atoms with E-state index in [9.17, 15) is 4.79 Å². The van der Waals surface area contributed by atoms with Gasteiger partial charge < -0.3 is 10.1 Å². The van der Waals surface area contributed by atoms with Crippen LogP contribution in [0.2, 0.25) is 0 Å². The van der Waals surface area contributed by atoms with Crippen molar-refractivity contribution in [1.82, 2.24) is 5.32 Å². The minimum atomic E-state index is 0.180. The van der Waals surface area contributed by atoms with Gasteiger partial charge in [0.05, 0.1) is 13.2 Å². The highest BCUT2D eigenvalue weighted by Crippen LogP contribution is 2.26. The molecule has 0 saturated carbocycles. The van der Waals surface area contributed by atoms with Gasteiger partial charge in [0.2, 0.25) is 0 Å². The second-order valence-electron chi connectivity index (χ2n) is 4.82. The van der Waals surface area contributed by atoms with E-state index in [-0.39, 0.29) is 11.8 Å². The van der Waals surface area contributed by atoms with Gasteiger partial charge in [-0.1, -0.05) is 13.8 Å². The number of piperidine rings is 1. The molecule has 2 heterocycles. The smallest absolute Gasteiger partial charge is 0.138 e. The molecule has 0 aromatic carbocycles. The minimum Gasteiger partial charge on any atom is -0.378 e. The summed E-state index contributed by atoms with van der Waals surface area (Å²) in [5, 5.41) is 3.50. The normalized spacial score (nSPS) is 37.2. The lowest BCUT2D eigenvalue weighted by atomic mass is 9.81. The Morgan fingerprint density at radius 2 is 1.86 bits per heavy atom. The number of hydrogen-bond donors (Lipinski definition) is 1. The maximum absolute atomic E-state index is 11.9. The number of nitrogens with one attached hydrogen (secondary N) is 1. The zero-order valence-corrected chi connectivity index (χ0v) is 8.95. The van der Waals surface area contributed by atoms with E-state index in [1.54, 1.807) is 0 Å². The first-order valence-electron chi connectivity index (χ1n) is 5.54. The summed E-state index contributed by atoms with van der Waals surface area (Å²) in [6.07, 6.45) is 1.93. The molecular formula is C11H19NO2. The molecule has 0 aromatic rings. The lowest BCUT2D eigenvalue weighted by Gasteiger charge is -2.39. The van der Waals surface area contributed by atoms with Crippen molar-refractivity contribution in [3.05, 3.63) is 0 Å². The van der Waals surface area contributed by atoms with E-state index in [2.05, 4.69) is 5.32 Å². The Labute approximate surface area is 85.2 Å². The fourth-order valence-electron chi connectivity index (χ4n) is 2.54. The number of ketones is 1. The average molecular weight is 197 g/mol. The van der Waals surface area contributed by atoms with Crippen molar-refractivity contribution in [1.29, 1.82) is 0 Å². The fraction of sp³-hybridized carbons (Fsp3) is 0.909. The summed E-state index contributed by atoms with van der Waals surface area (Å²) >= 11 is 0. The summed E-state index contributed by atoms with van der Waals surface area (Å²) < 4.78 is 5.45. The van der Waals surface area contributed by atoms with E-state index < -0.39 is 0 Å². The maximum atomic E-state index is 11.9. The summed E-state index contributed by atoms with van der Waals surface area (Å²) in [4.78, 5) is 11.9.